The van der Waals surface area contributed by atoms with Gasteiger partial charge in [0.15, 0.2) is 0 Å². The standard InChI is InChI=1S/C14H21N3O3/c15-10-14(5-3-1-2-4-6-14)13(19)17-7-8-20-9-11(17)12(16)18/h11H,1-9H2,(H2,16,18). The van der Waals surface area contributed by atoms with Crippen molar-refractivity contribution in [1.82, 2.24) is 4.90 Å². The van der Waals surface area contributed by atoms with Crippen molar-refractivity contribution in [2.24, 2.45) is 11.1 Å². The van der Waals surface area contributed by atoms with E-state index < -0.39 is 17.4 Å². The molecule has 1 atom stereocenters. The van der Waals surface area contributed by atoms with Gasteiger partial charge in [0.1, 0.15) is 11.5 Å². The average molecular weight is 279 g/mol. The van der Waals surface area contributed by atoms with E-state index in [2.05, 4.69) is 6.07 Å². The summed E-state index contributed by atoms with van der Waals surface area (Å²) in [5.41, 5.74) is 4.36. The van der Waals surface area contributed by atoms with Gasteiger partial charge in [0.05, 0.1) is 19.3 Å². The summed E-state index contributed by atoms with van der Waals surface area (Å²) in [6.07, 6.45) is 5.02. The molecule has 2 aliphatic rings. The Hall–Kier alpha value is -1.61. The molecule has 2 fully saturated rings. The zero-order valence-electron chi connectivity index (χ0n) is 11.6. The zero-order valence-corrected chi connectivity index (χ0v) is 11.6. The molecule has 0 bridgehead atoms. The number of amides is 2. The van der Waals surface area contributed by atoms with E-state index in [1.54, 1.807) is 0 Å². The van der Waals surface area contributed by atoms with Crippen molar-refractivity contribution < 1.29 is 14.3 Å². The van der Waals surface area contributed by atoms with Crippen LogP contribution in [-0.4, -0.2) is 42.5 Å². The van der Waals surface area contributed by atoms with Gasteiger partial charge in [-0.2, -0.15) is 5.26 Å². The van der Waals surface area contributed by atoms with Crippen LogP contribution in [0.5, 0.6) is 0 Å². The topological polar surface area (TPSA) is 96.4 Å². The second-order valence-corrected chi connectivity index (χ2v) is 5.60. The molecule has 0 spiro atoms. The number of carbonyl (C=O) groups excluding carboxylic acids is 2. The number of nitrogens with two attached hydrogens (primary N) is 1. The molecule has 1 heterocycles. The predicted molar refractivity (Wildman–Crippen MR) is 71.3 cm³/mol. The Balaban J connectivity index is 2.22. The fourth-order valence-electron chi connectivity index (χ4n) is 3.06. The molecule has 0 aromatic heterocycles. The summed E-state index contributed by atoms with van der Waals surface area (Å²) in [5.74, 6) is -0.811. The van der Waals surface area contributed by atoms with Crippen LogP contribution in [0.25, 0.3) is 0 Å². The minimum atomic E-state index is -0.985. The molecule has 1 aliphatic heterocycles. The molecule has 0 radical (unpaired) electrons. The molecule has 20 heavy (non-hydrogen) atoms. The number of hydrogen-bond donors (Lipinski definition) is 1. The van der Waals surface area contributed by atoms with E-state index in [9.17, 15) is 14.9 Å². The van der Waals surface area contributed by atoms with Crippen LogP contribution < -0.4 is 5.73 Å². The second-order valence-electron chi connectivity index (χ2n) is 5.60. The smallest absolute Gasteiger partial charge is 0.243 e. The van der Waals surface area contributed by atoms with Gasteiger partial charge in [-0.3, -0.25) is 9.59 Å². The Labute approximate surface area is 118 Å². The van der Waals surface area contributed by atoms with Gasteiger partial charge in [-0.15, -0.1) is 0 Å². The maximum absolute atomic E-state index is 12.8. The molecule has 110 valence electrons. The Morgan fingerprint density at radius 2 is 1.90 bits per heavy atom. The minimum absolute atomic E-state index is 0.128. The van der Waals surface area contributed by atoms with Crippen LogP contribution in [0.1, 0.15) is 38.5 Å². The van der Waals surface area contributed by atoms with E-state index in [0.29, 0.717) is 26.0 Å². The van der Waals surface area contributed by atoms with Crippen molar-refractivity contribution in [3.05, 3.63) is 0 Å². The highest BCUT2D eigenvalue weighted by atomic mass is 16.5. The molecular weight excluding hydrogens is 258 g/mol. The van der Waals surface area contributed by atoms with Crippen LogP contribution in [0, 0.1) is 16.7 Å². The van der Waals surface area contributed by atoms with E-state index in [0.717, 1.165) is 25.7 Å². The van der Waals surface area contributed by atoms with Gasteiger partial charge in [-0.1, -0.05) is 25.7 Å². The highest BCUT2D eigenvalue weighted by Gasteiger charge is 2.45. The second kappa shape index (κ2) is 6.23. The third-order valence-electron chi connectivity index (χ3n) is 4.30. The maximum Gasteiger partial charge on any atom is 0.243 e. The third kappa shape index (κ3) is 2.78. The largest absolute Gasteiger partial charge is 0.377 e. The summed E-state index contributed by atoms with van der Waals surface area (Å²) in [6.45, 7) is 0.843. The van der Waals surface area contributed by atoms with Crippen LogP contribution in [-0.2, 0) is 14.3 Å². The molecule has 0 aromatic rings. The number of ether oxygens (including phenoxy) is 1. The lowest BCUT2D eigenvalue weighted by Gasteiger charge is -2.38. The van der Waals surface area contributed by atoms with E-state index in [1.807, 2.05) is 0 Å². The van der Waals surface area contributed by atoms with Crippen molar-refractivity contribution in [1.29, 1.82) is 5.26 Å². The number of primary amides is 1. The Morgan fingerprint density at radius 3 is 2.45 bits per heavy atom. The lowest BCUT2D eigenvalue weighted by molar-refractivity contribution is -0.153. The van der Waals surface area contributed by atoms with E-state index in [4.69, 9.17) is 10.5 Å². The van der Waals surface area contributed by atoms with Gasteiger partial charge in [-0.05, 0) is 12.8 Å². The lowest BCUT2D eigenvalue weighted by Crippen LogP contribution is -2.58. The number of hydrogen-bond acceptors (Lipinski definition) is 4. The molecule has 6 heteroatoms. The summed E-state index contributed by atoms with van der Waals surface area (Å²) in [7, 11) is 0. The van der Waals surface area contributed by atoms with E-state index in [-0.39, 0.29) is 12.5 Å². The van der Waals surface area contributed by atoms with Crippen molar-refractivity contribution in [3.8, 4) is 6.07 Å². The monoisotopic (exact) mass is 279 g/mol. The molecule has 1 saturated heterocycles. The molecular formula is C14H21N3O3. The number of rotatable bonds is 2. The van der Waals surface area contributed by atoms with Crippen LogP contribution in [0.2, 0.25) is 0 Å². The van der Waals surface area contributed by atoms with Gasteiger partial charge < -0.3 is 15.4 Å². The van der Waals surface area contributed by atoms with Crippen LogP contribution in [0.15, 0.2) is 0 Å². The highest BCUT2D eigenvalue weighted by Crippen LogP contribution is 2.37. The van der Waals surface area contributed by atoms with Crippen molar-refractivity contribution in [3.63, 3.8) is 0 Å². The fourth-order valence-corrected chi connectivity index (χ4v) is 3.06. The molecule has 6 nitrogen and oxygen atoms in total. The Bertz CT molecular complexity index is 422. The number of nitrogens with zero attached hydrogens (tertiary/aromatic N) is 2. The average Bonchev–Trinajstić information content (AvgIpc) is 2.72. The van der Waals surface area contributed by atoms with Crippen molar-refractivity contribution in [2.45, 2.75) is 44.6 Å². The summed E-state index contributed by atoms with van der Waals surface area (Å²) in [4.78, 5) is 25.8. The minimum Gasteiger partial charge on any atom is -0.377 e. The van der Waals surface area contributed by atoms with E-state index in [1.165, 1.54) is 4.90 Å². The summed E-state index contributed by atoms with van der Waals surface area (Å²) in [6, 6.07) is 1.48. The van der Waals surface area contributed by atoms with Gasteiger partial charge in [-0.25, -0.2) is 0 Å². The number of morpholine rings is 1. The Kier molecular flexibility index (Phi) is 4.61. The van der Waals surface area contributed by atoms with E-state index >= 15 is 0 Å². The molecule has 2 N–H and O–H groups in total. The first-order valence-electron chi connectivity index (χ1n) is 7.20. The van der Waals surface area contributed by atoms with Crippen LogP contribution >= 0.6 is 0 Å². The van der Waals surface area contributed by atoms with Crippen LogP contribution in [0.4, 0.5) is 0 Å². The molecule has 1 unspecified atom stereocenters. The highest BCUT2D eigenvalue weighted by molar-refractivity contribution is 5.91. The van der Waals surface area contributed by atoms with Crippen LogP contribution in [0.3, 0.4) is 0 Å². The SMILES string of the molecule is N#CC1(C(=O)N2CCOCC2C(N)=O)CCCCCC1. The molecule has 1 saturated carbocycles. The normalized spacial score (nSPS) is 26.4. The fraction of sp³-hybridized carbons (Fsp3) is 0.786. The van der Waals surface area contributed by atoms with Gasteiger partial charge in [0, 0.05) is 6.54 Å². The first kappa shape index (κ1) is 14.8. The summed E-state index contributed by atoms with van der Waals surface area (Å²) < 4.78 is 5.22. The summed E-state index contributed by atoms with van der Waals surface area (Å²) >= 11 is 0. The maximum atomic E-state index is 12.8. The number of carbonyl (C=O) groups is 2. The molecule has 0 aromatic carbocycles. The van der Waals surface area contributed by atoms with Gasteiger partial charge in [0.25, 0.3) is 0 Å². The molecule has 1 aliphatic carbocycles. The van der Waals surface area contributed by atoms with Crippen molar-refractivity contribution >= 4 is 11.8 Å². The van der Waals surface area contributed by atoms with Gasteiger partial charge >= 0.3 is 0 Å². The molecule has 2 rings (SSSR count). The first-order chi connectivity index (χ1) is 9.60. The zero-order chi connectivity index (χ0) is 14.6. The first-order valence-corrected chi connectivity index (χ1v) is 7.20. The number of nitriles is 1. The van der Waals surface area contributed by atoms with Gasteiger partial charge in [0.2, 0.25) is 11.8 Å². The van der Waals surface area contributed by atoms with Crippen molar-refractivity contribution in [2.75, 3.05) is 19.8 Å². The summed E-state index contributed by atoms with van der Waals surface area (Å²) in [5, 5.41) is 9.55. The lowest BCUT2D eigenvalue weighted by atomic mass is 9.80. The third-order valence-corrected chi connectivity index (χ3v) is 4.30. The predicted octanol–water partition coefficient (Wildman–Crippen LogP) is 0.563. The Morgan fingerprint density at radius 1 is 1.25 bits per heavy atom. The molecule has 2 amide bonds. The quantitative estimate of drug-likeness (QED) is 0.747.